The lowest BCUT2D eigenvalue weighted by Crippen LogP contribution is -2.01. The predicted octanol–water partition coefficient (Wildman–Crippen LogP) is 1.57. The predicted molar refractivity (Wildman–Crippen MR) is 49.0 cm³/mol. The molecule has 0 aliphatic rings. The van der Waals surface area contributed by atoms with E-state index in [0.717, 1.165) is 6.20 Å². The zero-order chi connectivity index (χ0) is 9.84. The molecule has 1 aromatic heterocycles. The fourth-order valence-corrected chi connectivity index (χ4v) is 1.08. The van der Waals surface area contributed by atoms with E-state index in [-0.39, 0.29) is 22.4 Å². The highest BCUT2D eigenvalue weighted by molar-refractivity contribution is 9.09. The fraction of sp³-hybridized carbons (Fsp3) is 0.143. The van der Waals surface area contributed by atoms with Crippen molar-refractivity contribution in [3.05, 3.63) is 34.1 Å². The van der Waals surface area contributed by atoms with Crippen LogP contribution in [0.4, 0.5) is 5.69 Å². The number of nitrogens with zero attached hydrogens (tertiary/aromatic N) is 2. The molecule has 1 rings (SSSR count). The van der Waals surface area contributed by atoms with Gasteiger partial charge in [-0.15, -0.1) is 0 Å². The first-order valence-electron chi connectivity index (χ1n) is 3.33. The Morgan fingerprint density at radius 1 is 1.62 bits per heavy atom. The molecular weight excluding hydrogens is 240 g/mol. The maximum Gasteiger partial charge on any atom is 0.288 e. The molecule has 0 spiro atoms. The van der Waals surface area contributed by atoms with Gasteiger partial charge in [-0.3, -0.25) is 19.9 Å². The Bertz CT molecular complexity index is 353. The molecule has 0 bridgehead atoms. The van der Waals surface area contributed by atoms with Crippen LogP contribution in [0.15, 0.2) is 18.5 Å². The minimum absolute atomic E-state index is 0.135. The van der Waals surface area contributed by atoms with Gasteiger partial charge < -0.3 is 0 Å². The van der Waals surface area contributed by atoms with Crippen molar-refractivity contribution in [3.8, 4) is 0 Å². The Morgan fingerprint density at radius 2 is 2.31 bits per heavy atom. The number of hydrogen-bond acceptors (Lipinski definition) is 4. The molecule has 0 atom stereocenters. The number of aromatic nitrogens is 1. The molecule has 0 amide bonds. The van der Waals surface area contributed by atoms with Gasteiger partial charge in [0.1, 0.15) is 6.20 Å². The van der Waals surface area contributed by atoms with E-state index in [1.54, 1.807) is 0 Å². The number of pyridine rings is 1. The summed E-state index contributed by atoms with van der Waals surface area (Å²) < 4.78 is 0. The highest BCUT2D eigenvalue weighted by Crippen LogP contribution is 2.11. The van der Waals surface area contributed by atoms with E-state index in [1.807, 2.05) is 0 Å². The van der Waals surface area contributed by atoms with E-state index >= 15 is 0 Å². The number of Topliss-reactive ketones (excluding diaryl/α,β-unsaturated/α-hetero) is 1. The van der Waals surface area contributed by atoms with E-state index in [4.69, 9.17) is 0 Å². The summed E-state index contributed by atoms with van der Waals surface area (Å²) in [6.07, 6.45) is 2.40. The largest absolute Gasteiger partial charge is 0.293 e. The van der Waals surface area contributed by atoms with Crippen molar-refractivity contribution in [2.24, 2.45) is 0 Å². The van der Waals surface area contributed by atoms with Crippen LogP contribution in [-0.4, -0.2) is 21.0 Å². The number of alkyl halides is 1. The molecule has 0 saturated carbocycles. The summed E-state index contributed by atoms with van der Waals surface area (Å²) in [4.78, 5) is 24.4. The third-order valence-electron chi connectivity index (χ3n) is 1.38. The normalized spacial score (nSPS) is 9.62. The van der Waals surface area contributed by atoms with Crippen LogP contribution in [0.5, 0.6) is 0 Å². The number of hydrogen-bond donors (Lipinski definition) is 0. The molecule has 68 valence electrons. The third-order valence-corrected chi connectivity index (χ3v) is 1.89. The Labute approximate surface area is 82.1 Å². The molecule has 13 heavy (non-hydrogen) atoms. The Kier molecular flexibility index (Phi) is 3.07. The van der Waals surface area contributed by atoms with E-state index in [0.29, 0.717) is 0 Å². The Morgan fingerprint density at radius 3 is 2.85 bits per heavy atom. The molecule has 6 heteroatoms. The van der Waals surface area contributed by atoms with Gasteiger partial charge in [-0.25, -0.2) is 0 Å². The average molecular weight is 245 g/mol. The lowest BCUT2D eigenvalue weighted by molar-refractivity contribution is -0.385. The van der Waals surface area contributed by atoms with E-state index in [1.165, 1.54) is 12.3 Å². The quantitative estimate of drug-likeness (QED) is 0.350. The fourth-order valence-electron chi connectivity index (χ4n) is 0.757. The first kappa shape index (κ1) is 9.79. The molecule has 1 aromatic rings. The maximum atomic E-state index is 11.1. The van der Waals surface area contributed by atoms with Gasteiger partial charge in [-0.1, -0.05) is 15.9 Å². The molecule has 0 aromatic carbocycles. The standard InChI is InChI=1S/C7H5BrN2O3/c8-2-7(11)5-1-6(10(12)13)4-9-3-5/h1,3-4H,2H2. The Balaban J connectivity index is 3.05. The lowest BCUT2D eigenvalue weighted by Gasteiger charge is -1.95. The number of carbonyl (C=O) groups excluding carboxylic acids is 1. The summed E-state index contributed by atoms with van der Waals surface area (Å²) in [5.74, 6) is -0.226. The monoisotopic (exact) mass is 244 g/mol. The second-order valence-corrected chi connectivity index (χ2v) is 2.81. The van der Waals surface area contributed by atoms with Gasteiger partial charge in [0, 0.05) is 17.8 Å². The van der Waals surface area contributed by atoms with Crippen molar-refractivity contribution in [2.75, 3.05) is 5.33 Å². The highest BCUT2D eigenvalue weighted by atomic mass is 79.9. The van der Waals surface area contributed by atoms with Crippen LogP contribution >= 0.6 is 15.9 Å². The maximum absolute atomic E-state index is 11.1. The van der Waals surface area contributed by atoms with Gasteiger partial charge in [0.05, 0.1) is 10.3 Å². The van der Waals surface area contributed by atoms with Crippen LogP contribution in [0.3, 0.4) is 0 Å². The second-order valence-electron chi connectivity index (χ2n) is 2.25. The first-order chi connectivity index (χ1) is 6.15. The van der Waals surface area contributed by atoms with Crippen molar-refractivity contribution < 1.29 is 9.72 Å². The third kappa shape index (κ3) is 2.32. The summed E-state index contributed by atoms with van der Waals surface area (Å²) in [5.41, 5.74) is 0.0675. The van der Waals surface area contributed by atoms with Crippen molar-refractivity contribution in [1.29, 1.82) is 0 Å². The van der Waals surface area contributed by atoms with Gasteiger partial charge in [-0.05, 0) is 0 Å². The molecule has 1 heterocycles. The number of halogens is 1. The van der Waals surface area contributed by atoms with Crippen LogP contribution in [0.1, 0.15) is 10.4 Å². The summed E-state index contributed by atoms with van der Waals surface area (Å²) in [6, 6.07) is 1.20. The number of carbonyl (C=O) groups is 1. The number of ketones is 1. The Hall–Kier alpha value is -1.30. The lowest BCUT2D eigenvalue weighted by atomic mass is 10.2. The molecule has 5 nitrogen and oxygen atoms in total. The highest BCUT2D eigenvalue weighted by Gasteiger charge is 2.10. The molecule has 0 fully saturated rings. The molecule has 0 aliphatic carbocycles. The van der Waals surface area contributed by atoms with Gasteiger partial charge in [0.15, 0.2) is 5.78 Å². The molecule has 0 unspecified atom stereocenters. The van der Waals surface area contributed by atoms with Gasteiger partial charge in [-0.2, -0.15) is 0 Å². The number of rotatable bonds is 3. The van der Waals surface area contributed by atoms with Crippen molar-refractivity contribution in [3.63, 3.8) is 0 Å². The van der Waals surface area contributed by atoms with Crippen LogP contribution in [0.2, 0.25) is 0 Å². The minimum Gasteiger partial charge on any atom is -0.293 e. The van der Waals surface area contributed by atoms with Crippen LogP contribution in [-0.2, 0) is 0 Å². The zero-order valence-corrected chi connectivity index (χ0v) is 8.02. The summed E-state index contributed by atoms with van der Waals surface area (Å²) >= 11 is 2.97. The zero-order valence-electron chi connectivity index (χ0n) is 6.44. The van der Waals surface area contributed by atoms with E-state index in [9.17, 15) is 14.9 Å². The average Bonchev–Trinajstić information content (AvgIpc) is 2.17. The molecular formula is C7H5BrN2O3. The molecule has 0 saturated heterocycles. The van der Waals surface area contributed by atoms with Crippen LogP contribution < -0.4 is 0 Å². The smallest absolute Gasteiger partial charge is 0.288 e. The topological polar surface area (TPSA) is 73.1 Å². The molecule has 0 radical (unpaired) electrons. The van der Waals surface area contributed by atoms with E-state index < -0.39 is 4.92 Å². The SMILES string of the molecule is O=C(CBr)c1cncc([N+](=O)[O-])c1. The van der Waals surface area contributed by atoms with Crippen LogP contribution in [0.25, 0.3) is 0 Å². The summed E-state index contributed by atoms with van der Waals surface area (Å²) in [5, 5.41) is 10.4. The molecule has 0 N–H and O–H groups in total. The number of nitro groups is 1. The van der Waals surface area contributed by atoms with E-state index in [2.05, 4.69) is 20.9 Å². The van der Waals surface area contributed by atoms with Crippen molar-refractivity contribution in [2.45, 2.75) is 0 Å². The minimum atomic E-state index is -0.585. The van der Waals surface area contributed by atoms with Gasteiger partial charge in [0.2, 0.25) is 0 Å². The van der Waals surface area contributed by atoms with Gasteiger partial charge >= 0.3 is 0 Å². The van der Waals surface area contributed by atoms with Crippen LogP contribution in [0, 0.1) is 10.1 Å². The summed E-state index contributed by atoms with van der Waals surface area (Å²) in [7, 11) is 0. The second kappa shape index (κ2) is 4.08. The van der Waals surface area contributed by atoms with Gasteiger partial charge in [0.25, 0.3) is 5.69 Å². The molecule has 0 aliphatic heterocycles. The van der Waals surface area contributed by atoms with Crippen molar-refractivity contribution >= 4 is 27.4 Å². The first-order valence-corrected chi connectivity index (χ1v) is 4.46. The summed E-state index contributed by atoms with van der Waals surface area (Å²) in [6.45, 7) is 0. The van der Waals surface area contributed by atoms with Crippen molar-refractivity contribution in [1.82, 2.24) is 4.98 Å².